The highest BCUT2D eigenvalue weighted by Crippen LogP contribution is 2.14. The highest BCUT2D eigenvalue weighted by Gasteiger charge is 2.32. The van der Waals surface area contributed by atoms with Crippen LogP contribution in [-0.4, -0.2) is 92.8 Å². The summed E-state index contributed by atoms with van der Waals surface area (Å²) in [5, 5.41) is 0. The fourth-order valence-electron chi connectivity index (χ4n) is 6.99. The van der Waals surface area contributed by atoms with Crippen LogP contribution in [0.3, 0.4) is 0 Å². The molecule has 0 aromatic heterocycles. The monoisotopic (exact) mass is 820 g/mol. The van der Waals surface area contributed by atoms with Gasteiger partial charge in [-0.25, -0.2) is 0 Å². The maximum Gasteiger partial charge on any atom is 0.306 e. The first-order chi connectivity index (χ1) is 28.3. The zero-order chi connectivity index (χ0) is 42.7. The second-order valence-corrected chi connectivity index (χ2v) is 16.4. The Morgan fingerprint density at radius 1 is 0.534 bits per heavy atom. The summed E-state index contributed by atoms with van der Waals surface area (Å²) in [7, 11) is 2.02. The molecule has 0 aromatic carbocycles. The molecule has 0 aromatic rings. The first-order valence-corrected chi connectivity index (χ1v) is 24.3. The molecule has 0 heterocycles. The van der Waals surface area contributed by atoms with Crippen molar-refractivity contribution in [3.8, 4) is 0 Å². The molecule has 9 heteroatoms. The minimum absolute atomic E-state index is 0.193. The zero-order valence-electron chi connectivity index (χ0n) is 38.6. The fourth-order valence-corrected chi connectivity index (χ4v) is 6.99. The van der Waals surface area contributed by atoms with Crippen LogP contribution in [0.5, 0.6) is 0 Å². The van der Waals surface area contributed by atoms with E-state index in [-0.39, 0.29) is 25.6 Å². The Morgan fingerprint density at radius 2 is 0.948 bits per heavy atom. The van der Waals surface area contributed by atoms with Gasteiger partial charge in [-0.3, -0.25) is 14.4 Å². The molecule has 0 spiro atoms. The molecule has 0 aliphatic heterocycles. The maximum atomic E-state index is 12.9. The van der Waals surface area contributed by atoms with Crippen LogP contribution < -0.4 is 5.73 Å². The highest BCUT2D eigenvalue weighted by molar-refractivity contribution is 5.83. The van der Waals surface area contributed by atoms with Crippen LogP contribution in [0.4, 0.5) is 0 Å². The molecule has 1 amide bonds. The van der Waals surface area contributed by atoms with E-state index in [1.165, 1.54) is 96.3 Å². The lowest BCUT2D eigenvalue weighted by Crippen LogP contribution is -2.47. The second-order valence-electron chi connectivity index (χ2n) is 16.4. The lowest BCUT2D eigenvalue weighted by atomic mass is 10.1. The van der Waals surface area contributed by atoms with Gasteiger partial charge in [-0.15, -0.1) is 0 Å². The fraction of sp³-hybridized carbons (Fsp3) is 0.857. The van der Waals surface area contributed by atoms with E-state index in [1.807, 2.05) is 7.05 Å². The Labute approximate surface area is 358 Å². The molecular weight excluding hydrogens is 727 g/mol. The van der Waals surface area contributed by atoms with E-state index in [0.717, 1.165) is 90.4 Å². The number of nitrogens with zero attached hydrogens (tertiary/aromatic N) is 2. The number of hydrogen-bond donors (Lipinski definition) is 1. The van der Waals surface area contributed by atoms with E-state index in [0.29, 0.717) is 19.4 Å². The first-order valence-electron chi connectivity index (χ1n) is 24.3. The largest absolute Gasteiger partial charge is 0.463 e. The van der Waals surface area contributed by atoms with Gasteiger partial charge in [-0.1, -0.05) is 155 Å². The van der Waals surface area contributed by atoms with Gasteiger partial charge in [0.25, 0.3) is 5.91 Å². The lowest BCUT2D eigenvalue weighted by molar-refractivity contribution is -0.171. The number of carbonyl (C=O) groups is 3. The van der Waals surface area contributed by atoms with Gasteiger partial charge in [0, 0.05) is 32.5 Å². The van der Waals surface area contributed by atoms with Gasteiger partial charge in [0.05, 0.1) is 6.61 Å². The Morgan fingerprint density at radius 3 is 1.38 bits per heavy atom. The number of likely N-dealkylation sites (N-methyl/N-ethyl adjacent to an activating group) is 2. The quantitative estimate of drug-likeness (QED) is 0.0367. The number of primary amides is 1. The summed E-state index contributed by atoms with van der Waals surface area (Å²) in [6, 6.07) is 0. The molecular formula is C49H93N3O6. The molecule has 2 atom stereocenters. The standard InChI is InChI=1S/C49H93N3O6/c1-6-10-12-14-16-18-20-22-24-26-28-30-32-34-36-38-46(53)57-44-45(56-43-42-51(5)40-41-52(8-3)9-4)48(49(50)55)58-47(54)39-37-35-33-31-29-27-25-23-21-19-17-15-13-11-7-2/h22-25,45,48H,6-21,26-44H2,1-5H3,(H2,50,55)/b24-22-,25-23-. The topological polar surface area (TPSA) is 111 Å². The Balaban J connectivity index is 4.66. The molecule has 58 heavy (non-hydrogen) atoms. The van der Waals surface area contributed by atoms with Gasteiger partial charge in [-0.2, -0.15) is 0 Å². The van der Waals surface area contributed by atoms with Crippen molar-refractivity contribution in [2.24, 2.45) is 5.73 Å². The summed E-state index contributed by atoms with van der Waals surface area (Å²) in [6.07, 6.45) is 38.2. The molecule has 0 saturated carbocycles. The third kappa shape index (κ3) is 36.8. The molecule has 0 aliphatic carbocycles. The third-order valence-electron chi connectivity index (χ3n) is 11.1. The number of nitrogens with two attached hydrogens (primary N) is 1. The molecule has 0 fully saturated rings. The van der Waals surface area contributed by atoms with Gasteiger partial charge < -0.3 is 29.7 Å². The van der Waals surface area contributed by atoms with Gasteiger partial charge in [-0.05, 0) is 84.3 Å². The number of esters is 2. The van der Waals surface area contributed by atoms with Crippen molar-refractivity contribution in [2.45, 2.75) is 220 Å². The Hall–Kier alpha value is -2.23. The summed E-state index contributed by atoms with van der Waals surface area (Å²) in [5.41, 5.74) is 5.76. The molecule has 2 N–H and O–H groups in total. The predicted molar refractivity (Wildman–Crippen MR) is 244 cm³/mol. The molecule has 0 rings (SSSR count). The SMILES string of the molecule is CCCCCCCC/C=C\CCCCCCCC(=O)OCC(OCCN(C)CCN(CC)CC)C(OC(=O)CCCCCCC/C=C\CCCCCCCC)C(N)=O. The van der Waals surface area contributed by atoms with Crippen LogP contribution in [0.25, 0.3) is 0 Å². The Kier molecular flexibility index (Phi) is 41.2. The van der Waals surface area contributed by atoms with Gasteiger partial charge in [0.1, 0.15) is 12.7 Å². The van der Waals surface area contributed by atoms with E-state index in [1.54, 1.807) is 0 Å². The van der Waals surface area contributed by atoms with Crippen LogP contribution in [0.1, 0.15) is 207 Å². The number of carbonyl (C=O) groups excluding carboxylic acids is 3. The van der Waals surface area contributed by atoms with Crippen molar-refractivity contribution in [2.75, 3.05) is 53.0 Å². The maximum absolute atomic E-state index is 12.9. The van der Waals surface area contributed by atoms with Gasteiger partial charge >= 0.3 is 11.9 Å². The summed E-state index contributed by atoms with van der Waals surface area (Å²) < 4.78 is 17.3. The molecule has 0 radical (unpaired) electrons. The summed E-state index contributed by atoms with van der Waals surface area (Å²) in [5.74, 6) is -1.62. The molecule has 2 unspecified atom stereocenters. The molecule has 340 valence electrons. The van der Waals surface area contributed by atoms with E-state index >= 15 is 0 Å². The van der Waals surface area contributed by atoms with E-state index in [2.05, 4.69) is 61.8 Å². The van der Waals surface area contributed by atoms with E-state index in [4.69, 9.17) is 19.9 Å². The van der Waals surface area contributed by atoms with Gasteiger partial charge in [0.2, 0.25) is 6.10 Å². The number of allylic oxidation sites excluding steroid dienone is 4. The number of ether oxygens (including phenoxy) is 3. The number of rotatable bonds is 44. The first kappa shape index (κ1) is 55.8. The summed E-state index contributed by atoms with van der Waals surface area (Å²) in [4.78, 5) is 42.7. The summed E-state index contributed by atoms with van der Waals surface area (Å²) >= 11 is 0. The smallest absolute Gasteiger partial charge is 0.306 e. The van der Waals surface area contributed by atoms with Crippen molar-refractivity contribution in [1.82, 2.24) is 9.80 Å². The van der Waals surface area contributed by atoms with Crippen LogP contribution >= 0.6 is 0 Å². The molecule has 0 bridgehead atoms. The number of amides is 1. The summed E-state index contributed by atoms with van der Waals surface area (Å²) in [6.45, 7) is 13.3. The zero-order valence-corrected chi connectivity index (χ0v) is 38.6. The van der Waals surface area contributed by atoms with E-state index < -0.39 is 24.1 Å². The van der Waals surface area contributed by atoms with Crippen molar-refractivity contribution < 1.29 is 28.6 Å². The second kappa shape index (κ2) is 42.9. The third-order valence-corrected chi connectivity index (χ3v) is 11.1. The number of unbranched alkanes of at least 4 members (excludes halogenated alkanes) is 22. The van der Waals surface area contributed by atoms with E-state index in [9.17, 15) is 14.4 Å². The number of hydrogen-bond acceptors (Lipinski definition) is 8. The van der Waals surface area contributed by atoms with Crippen molar-refractivity contribution in [3.63, 3.8) is 0 Å². The highest BCUT2D eigenvalue weighted by atomic mass is 16.6. The van der Waals surface area contributed by atoms with Crippen LogP contribution in [0, 0.1) is 0 Å². The van der Waals surface area contributed by atoms with Gasteiger partial charge in [0.15, 0.2) is 0 Å². The Bertz CT molecular complexity index is 1000. The van der Waals surface area contributed by atoms with Crippen molar-refractivity contribution in [3.05, 3.63) is 24.3 Å². The van der Waals surface area contributed by atoms with Crippen LogP contribution in [-0.2, 0) is 28.6 Å². The predicted octanol–water partition coefficient (Wildman–Crippen LogP) is 11.7. The average molecular weight is 820 g/mol. The lowest BCUT2D eigenvalue weighted by Gasteiger charge is -2.27. The molecule has 0 saturated heterocycles. The van der Waals surface area contributed by atoms with Crippen molar-refractivity contribution >= 4 is 17.8 Å². The molecule has 0 aliphatic rings. The minimum atomic E-state index is -1.33. The molecule has 9 nitrogen and oxygen atoms in total. The van der Waals surface area contributed by atoms with Crippen molar-refractivity contribution in [1.29, 1.82) is 0 Å². The average Bonchev–Trinajstić information content (AvgIpc) is 3.21. The van der Waals surface area contributed by atoms with Crippen LogP contribution in [0.2, 0.25) is 0 Å². The minimum Gasteiger partial charge on any atom is -0.463 e. The van der Waals surface area contributed by atoms with Crippen LogP contribution in [0.15, 0.2) is 24.3 Å². The normalized spacial score (nSPS) is 12.9.